The van der Waals surface area contributed by atoms with Gasteiger partial charge in [0.15, 0.2) is 0 Å². The van der Waals surface area contributed by atoms with Crippen molar-refractivity contribution >= 4 is 27.3 Å². The highest BCUT2D eigenvalue weighted by atomic mass is 79.9. The molecule has 16 heavy (non-hydrogen) atoms. The van der Waals surface area contributed by atoms with E-state index in [1.165, 1.54) is 12.1 Å². The van der Waals surface area contributed by atoms with Crippen LogP contribution in [0.3, 0.4) is 0 Å². The van der Waals surface area contributed by atoms with Crippen LogP contribution >= 0.6 is 15.9 Å². The molecule has 0 radical (unpaired) electrons. The van der Waals surface area contributed by atoms with Gasteiger partial charge in [-0.25, -0.2) is 4.39 Å². The summed E-state index contributed by atoms with van der Waals surface area (Å²) in [6.45, 7) is 1.10. The van der Waals surface area contributed by atoms with Crippen LogP contribution in [-0.4, -0.2) is 29.0 Å². The van der Waals surface area contributed by atoms with Crippen LogP contribution in [0.2, 0.25) is 0 Å². The first-order valence-electron chi connectivity index (χ1n) is 4.66. The topological polar surface area (TPSA) is 78.5 Å². The van der Waals surface area contributed by atoms with Gasteiger partial charge in [-0.05, 0) is 28.9 Å². The average Bonchev–Trinajstić information content (AvgIpc) is 2.25. The molecule has 0 aromatic heterocycles. The zero-order chi connectivity index (χ0) is 12.3. The molecule has 5 N–H and O–H groups in total. The fourth-order valence-corrected chi connectivity index (χ4v) is 1.47. The summed E-state index contributed by atoms with van der Waals surface area (Å²) in [5.74, 6) is -0.460. The molecule has 0 aliphatic carbocycles. The number of nitrogens with two attached hydrogens (primary N) is 1. The Balaban J connectivity index is 3.01. The Morgan fingerprint density at radius 1 is 1.44 bits per heavy atom. The molecule has 0 spiro atoms. The van der Waals surface area contributed by atoms with Crippen molar-refractivity contribution in [1.82, 2.24) is 0 Å². The van der Waals surface area contributed by atoms with Crippen molar-refractivity contribution in [3.63, 3.8) is 0 Å². The van der Waals surface area contributed by atoms with Crippen LogP contribution in [0.25, 0.3) is 0 Å². The predicted molar refractivity (Wildman–Crippen MR) is 64.7 cm³/mol. The Labute approximate surface area is 101 Å². The average molecular weight is 293 g/mol. The molecule has 0 atom stereocenters. The maximum absolute atomic E-state index is 13.1. The fourth-order valence-electron chi connectivity index (χ4n) is 1.12. The lowest BCUT2D eigenvalue weighted by molar-refractivity contribution is 0.147. The Morgan fingerprint density at radius 3 is 2.50 bits per heavy atom. The SMILES string of the molecule is CC(CO)(CO)Nc1cc(Br)c(F)cc1N. The lowest BCUT2D eigenvalue weighted by Gasteiger charge is -2.28. The van der Waals surface area contributed by atoms with E-state index in [2.05, 4.69) is 21.2 Å². The van der Waals surface area contributed by atoms with Gasteiger partial charge in [0.05, 0.1) is 34.6 Å². The van der Waals surface area contributed by atoms with Crippen molar-refractivity contribution in [2.24, 2.45) is 0 Å². The predicted octanol–water partition coefficient (Wildman–Crippen LogP) is 1.33. The van der Waals surface area contributed by atoms with Crippen LogP contribution in [0.4, 0.5) is 15.8 Å². The number of aliphatic hydroxyl groups excluding tert-OH is 2. The second kappa shape index (κ2) is 4.99. The highest BCUT2D eigenvalue weighted by Crippen LogP contribution is 2.28. The van der Waals surface area contributed by atoms with E-state index in [4.69, 9.17) is 15.9 Å². The van der Waals surface area contributed by atoms with Crippen molar-refractivity contribution in [2.45, 2.75) is 12.5 Å². The highest BCUT2D eigenvalue weighted by Gasteiger charge is 2.23. The number of hydrogen-bond acceptors (Lipinski definition) is 4. The minimum absolute atomic E-state index is 0.217. The van der Waals surface area contributed by atoms with Gasteiger partial charge in [0.1, 0.15) is 5.82 Å². The molecule has 6 heteroatoms. The molecule has 0 aliphatic heterocycles. The van der Waals surface area contributed by atoms with Gasteiger partial charge in [0, 0.05) is 6.07 Å². The summed E-state index contributed by atoms with van der Waals surface area (Å²) < 4.78 is 13.4. The Bertz CT molecular complexity index is 383. The van der Waals surface area contributed by atoms with Gasteiger partial charge in [-0.1, -0.05) is 0 Å². The maximum Gasteiger partial charge on any atom is 0.139 e. The van der Waals surface area contributed by atoms with E-state index in [1.807, 2.05) is 0 Å². The smallest absolute Gasteiger partial charge is 0.139 e. The molecule has 0 bridgehead atoms. The van der Waals surface area contributed by atoms with Gasteiger partial charge in [0.25, 0.3) is 0 Å². The molecular weight excluding hydrogens is 279 g/mol. The zero-order valence-corrected chi connectivity index (χ0v) is 10.4. The minimum Gasteiger partial charge on any atom is -0.397 e. The summed E-state index contributed by atoms with van der Waals surface area (Å²) in [4.78, 5) is 0. The third kappa shape index (κ3) is 2.84. The van der Waals surface area contributed by atoms with Gasteiger partial charge < -0.3 is 21.3 Å². The van der Waals surface area contributed by atoms with Crippen molar-refractivity contribution < 1.29 is 14.6 Å². The third-order valence-electron chi connectivity index (χ3n) is 2.23. The zero-order valence-electron chi connectivity index (χ0n) is 8.80. The van der Waals surface area contributed by atoms with Crippen LogP contribution in [-0.2, 0) is 0 Å². The molecule has 0 heterocycles. The number of anilines is 2. The van der Waals surface area contributed by atoms with Gasteiger partial charge in [0.2, 0.25) is 0 Å². The van der Waals surface area contributed by atoms with Crippen molar-refractivity contribution in [3.8, 4) is 0 Å². The van der Waals surface area contributed by atoms with Crippen LogP contribution < -0.4 is 11.1 Å². The van der Waals surface area contributed by atoms with E-state index in [9.17, 15) is 4.39 Å². The number of nitrogens with one attached hydrogen (secondary N) is 1. The van der Waals surface area contributed by atoms with Crippen molar-refractivity contribution in [3.05, 3.63) is 22.4 Å². The Hall–Kier alpha value is -0.850. The largest absolute Gasteiger partial charge is 0.397 e. The first-order valence-corrected chi connectivity index (χ1v) is 5.45. The molecule has 0 unspecified atom stereocenters. The van der Waals surface area contributed by atoms with Gasteiger partial charge in [-0.3, -0.25) is 0 Å². The van der Waals surface area contributed by atoms with E-state index in [-0.39, 0.29) is 23.4 Å². The Morgan fingerprint density at radius 2 is 2.00 bits per heavy atom. The standard InChI is InChI=1S/C10H14BrFN2O2/c1-10(4-15,5-16)14-9-2-6(11)7(12)3-8(9)13/h2-3,14-16H,4-5,13H2,1H3. The molecule has 1 aromatic carbocycles. The number of benzene rings is 1. The number of halogens is 2. The second-order valence-electron chi connectivity index (χ2n) is 3.86. The van der Waals surface area contributed by atoms with Crippen LogP contribution in [0, 0.1) is 5.82 Å². The van der Waals surface area contributed by atoms with Crippen LogP contribution in [0.15, 0.2) is 16.6 Å². The minimum atomic E-state index is -0.897. The normalized spacial score (nSPS) is 11.6. The molecule has 0 fully saturated rings. The fraction of sp³-hybridized carbons (Fsp3) is 0.400. The molecule has 0 saturated heterocycles. The lowest BCUT2D eigenvalue weighted by Crippen LogP contribution is -2.42. The van der Waals surface area contributed by atoms with Crippen LogP contribution in [0.1, 0.15) is 6.92 Å². The monoisotopic (exact) mass is 292 g/mol. The molecular formula is C10H14BrFN2O2. The van der Waals surface area contributed by atoms with Gasteiger partial charge >= 0.3 is 0 Å². The summed E-state index contributed by atoms with van der Waals surface area (Å²) in [5.41, 5.74) is 5.40. The number of nitrogen functional groups attached to an aromatic ring is 1. The summed E-state index contributed by atoms with van der Waals surface area (Å²) in [5, 5.41) is 21.1. The lowest BCUT2D eigenvalue weighted by atomic mass is 10.0. The molecule has 1 rings (SSSR count). The van der Waals surface area contributed by atoms with E-state index in [0.717, 1.165) is 0 Å². The maximum atomic E-state index is 13.1. The molecule has 4 nitrogen and oxygen atoms in total. The quantitative estimate of drug-likeness (QED) is 0.631. The van der Waals surface area contributed by atoms with E-state index >= 15 is 0 Å². The summed E-state index contributed by atoms with van der Waals surface area (Å²) in [6, 6.07) is 2.63. The van der Waals surface area contributed by atoms with Crippen LogP contribution in [0.5, 0.6) is 0 Å². The van der Waals surface area contributed by atoms with E-state index in [0.29, 0.717) is 5.69 Å². The molecule has 90 valence electrons. The van der Waals surface area contributed by atoms with Gasteiger partial charge in [-0.15, -0.1) is 0 Å². The highest BCUT2D eigenvalue weighted by molar-refractivity contribution is 9.10. The third-order valence-corrected chi connectivity index (χ3v) is 2.83. The van der Waals surface area contributed by atoms with E-state index in [1.54, 1.807) is 6.92 Å². The number of hydrogen-bond donors (Lipinski definition) is 4. The molecule has 1 aromatic rings. The molecule has 0 saturated carbocycles. The second-order valence-corrected chi connectivity index (χ2v) is 4.71. The Kier molecular flexibility index (Phi) is 4.12. The summed E-state index contributed by atoms with van der Waals surface area (Å²) >= 11 is 3.04. The molecule has 0 aliphatic rings. The number of rotatable bonds is 4. The van der Waals surface area contributed by atoms with Crippen molar-refractivity contribution in [2.75, 3.05) is 24.3 Å². The van der Waals surface area contributed by atoms with Gasteiger partial charge in [-0.2, -0.15) is 0 Å². The summed E-state index contributed by atoms with van der Waals surface area (Å²) in [7, 11) is 0. The summed E-state index contributed by atoms with van der Waals surface area (Å²) in [6.07, 6.45) is 0. The first kappa shape index (κ1) is 13.2. The molecule has 0 amide bonds. The van der Waals surface area contributed by atoms with Crippen molar-refractivity contribution in [1.29, 1.82) is 0 Å². The van der Waals surface area contributed by atoms with E-state index < -0.39 is 11.4 Å². The first-order chi connectivity index (χ1) is 7.41. The number of aliphatic hydroxyl groups is 2.